The van der Waals surface area contributed by atoms with Crippen molar-refractivity contribution in [1.29, 1.82) is 0 Å². The second-order valence-corrected chi connectivity index (χ2v) is 7.91. The molecule has 6 heteroatoms. The number of carbonyl (C=O) groups is 1. The van der Waals surface area contributed by atoms with Gasteiger partial charge in [0.15, 0.2) is 11.5 Å². The van der Waals surface area contributed by atoms with Gasteiger partial charge in [-0.2, -0.15) is 0 Å². The molecule has 0 unspecified atom stereocenters. The Morgan fingerprint density at radius 1 is 1.21 bits per heavy atom. The standard InChI is InChI=1S/C23H25FN2O3/c1-14(2)28-23(27)26-10-8-16(9-11-26)22-25-20-13-17(5-7-21(20)29-22)18-6-4-15(3)12-19(18)24/h4-7,12-14,16H,8-11H2,1-3H3. The first-order valence-corrected chi connectivity index (χ1v) is 10.0. The van der Waals surface area contributed by atoms with E-state index in [1.165, 1.54) is 6.07 Å². The highest BCUT2D eigenvalue weighted by molar-refractivity contribution is 5.80. The van der Waals surface area contributed by atoms with Gasteiger partial charge in [0.2, 0.25) is 0 Å². The quantitative estimate of drug-likeness (QED) is 0.573. The Hall–Kier alpha value is -2.89. The van der Waals surface area contributed by atoms with Crippen molar-refractivity contribution in [2.45, 2.75) is 45.6 Å². The van der Waals surface area contributed by atoms with Gasteiger partial charge in [-0.1, -0.05) is 18.2 Å². The number of oxazole rings is 1. The average molecular weight is 396 g/mol. The topological polar surface area (TPSA) is 55.6 Å². The van der Waals surface area contributed by atoms with E-state index >= 15 is 0 Å². The predicted molar refractivity (Wildman–Crippen MR) is 109 cm³/mol. The van der Waals surface area contributed by atoms with Crippen molar-refractivity contribution in [2.75, 3.05) is 13.1 Å². The van der Waals surface area contributed by atoms with Crippen LogP contribution in [0.15, 0.2) is 40.8 Å². The second-order valence-electron chi connectivity index (χ2n) is 7.91. The summed E-state index contributed by atoms with van der Waals surface area (Å²) in [5.41, 5.74) is 3.64. The van der Waals surface area contributed by atoms with Crippen molar-refractivity contribution in [3.05, 3.63) is 53.7 Å². The van der Waals surface area contributed by atoms with Crippen molar-refractivity contribution in [3.63, 3.8) is 0 Å². The maximum Gasteiger partial charge on any atom is 0.410 e. The number of halogens is 1. The van der Waals surface area contributed by atoms with E-state index < -0.39 is 0 Å². The lowest BCUT2D eigenvalue weighted by molar-refractivity contribution is 0.0681. The van der Waals surface area contributed by atoms with E-state index in [2.05, 4.69) is 4.98 Å². The van der Waals surface area contributed by atoms with Gasteiger partial charge in [-0.3, -0.25) is 0 Å². The summed E-state index contributed by atoms with van der Waals surface area (Å²) in [6, 6.07) is 10.8. The number of rotatable bonds is 3. The molecule has 0 spiro atoms. The minimum Gasteiger partial charge on any atom is -0.447 e. The molecule has 0 aliphatic carbocycles. The van der Waals surface area contributed by atoms with Crippen LogP contribution in [-0.2, 0) is 4.74 Å². The number of carbonyl (C=O) groups excluding carboxylic acids is 1. The average Bonchev–Trinajstić information content (AvgIpc) is 3.11. The minimum atomic E-state index is -0.263. The summed E-state index contributed by atoms with van der Waals surface area (Å²) in [5, 5.41) is 0. The second kappa shape index (κ2) is 7.85. The number of hydrogen-bond acceptors (Lipinski definition) is 4. The van der Waals surface area contributed by atoms with E-state index in [4.69, 9.17) is 9.15 Å². The monoisotopic (exact) mass is 396 g/mol. The normalized spacial score (nSPS) is 15.3. The zero-order valence-electron chi connectivity index (χ0n) is 16.9. The number of aromatic nitrogens is 1. The maximum absolute atomic E-state index is 14.3. The first-order chi connectivity index (χ1) is 13.9. The van der Waals surface area contributed by atoms with Gasteiger partial charge in [0.1, 0.15) is 11.3 Å². The molecule has 0 atom stereocenters. The van der Waals surface area contributed by atoms with E-state index in [-0.39, 0.29) is 23.9 Å². The Balaban J connectivity index is 1.51. The summed E-state index contributed by atoms with van der Waals surface area (Å²) in [6.07, 6.45) is 1.17. The van der Waals surface area contributed by atoms with E-state index in [0.29, 0.717) is 30.1 Å². The summed E-state index contributed by atoms with van der Waals surface area (Å²) in [7, 11) is 0. The fraction of sp³-hybridized carbons (Fsp3) is 0.391. The molecule has 0 saturated carbocycles. The van der Waals surface area contributed by atoms with Crippen LogP contribution in [0.3, 0.4) is 0 Å². The van der Waals surface area contributed by atoms with E-state index in [1.807, 2.05) is 45.0 Å². The van der Waals surface area contributed by atoms with Gasteiger partial charge in [-0.25, -0.2) is 14.2 Å². The molecule has 2 aromatic carbocycles. The molecule has 152 valence electrons. The largest absolute Gasteiger partial charge is 0.447 e. The first kappa shape index (κ1) is 19.4. The fourth-order valence-electron chi connectivity index (χ4n) is 3.73. The summed E-state index contributed by atoms with van der Waals surface area (Å²) in [4.78, 5) is 18.4. The Morgan fingerprint density at radius 2 is 1.97 bits per heavy atom. The molecule has 29 heavy (non-hydrogen) atoms. The molecule has 1 saturated heterocycles. The molecule has 3 aromatic rings. The highest BCUT2D eigenvalue weighted by atomic mass is 19.1. The molecule has 5 nitrogen and oxygen atoms in total. The molecule has 0 bridgehead atoms. The van der Waals surface area contributed by atoms with Crippen LogP contribution >= 0.6 is 0 Å². The predicted octanol–water partition coefficient (Wildman–Crippen LogP) is 5.67. The van der Waals surface area contributed by atoms with Crippen LogP contribution in [0.4, 0.5) is 9.18 Å². The molecule has 2 heterocycles. The lowest BCUT2D eigenvalue weighted by Gasteiger charge is -2.30. The third kappa shape index (κ3) is 4.11. The number of amides is 1. The lowest BCUT2D eigenvalue weighted by Crippen LogP contribution is -2.39. The summed E-state index contributed by atoms with van der Waals surface area (Å²) in [6.45, 7) is 6.80. The van der Waals surface area contributed by atoms with Crippen LogP contribution in [0.5, 0.6) is 0 Å². The van der Waals surface area contributed by atoms with Gasteiger partial charge < -0.3 is 14.1 Å². The van der Waals surface area contributed by atoms with E-state index in [0.717, 1.165) is 29.5 Å². The number of ether oxygens (including phenoxy) is 1. The highest BCUT2D eigenvalue weighted by Gasteiger charge is 2.28. The SMILES string of the molecule is Cc1ccc(-c2ccc3oc(C4CCN(C(=O)OC(C)C)CC4)nc3c2)c(F)c1. The van der Waals surface area contributed by atoms with Crippen molar-refractivity contribution < 1.29 is 18.3 Å². The molecule has 1 aliphatic heterocycles. The summed E-state index contributed by atoms with van der Waals surface area (Å²) in [5.74, 6) is 0.595. The Labute approximate surface area is 169 Å². The smallest absolute Gasteiger partial charge is 0.410 e. The zero-order valence-corrected chi connectivity index (χ0v) is 16.9. The molecule has 1 aliphatic rings. The molecule has 4 rings (SSSR count). The van der Waals surface area contributed by atoms with Crippen LogP contribution in [0.2, 0.25) is 0 Å². The van der Waals surface area contributed by atoms with Crippen LogP contribution in [-0.4, -0.2) is 35.2 Å². The first-order valence-electron chi connectivity index (χ1n) is 10.0. The van der Waals surface area contributed by atoms with E-state index in [1.54, 1.807) is 11.0 Å². The molecule has 0 radical (unpaired) electrons. The Bertz CT molecular complexity index is 1040. The van der Waals surface area contributed by atoms with Gasteiger partial charge in [-0.15, -0.1) is 0 Å². The Morgan fingerprint density at radius 3 is 2.66 bits per heavy atom. The summed E-state index contributed by atoms with van der Waals surface area (Å²) >= 11 is 0. The molecule has 1 amide bonds. The molecule has 1 fully saturated rings. The molecule has 0 N–H and O–H groups in total. The third-order valence-corrected chi connectivity index (χ3v) is 5.28. The number of likely N-dealkylation sites (tertiary alicyclic amines) is 1. The number of hydrogen-bond donors (Lipinski definition) is 0. The lowest BCUT2D eigenvalue weighted by atomic mass is 9.97. The molecule has 1 aromatic heterocycles. The number of piperidine rings is 1. The molecular formula is C23H25FN2O3. The van der Waals surface area contributed by atoms with Gasteiger partial charge >= 0.3 is 6.09 Å². The van der Waals surface area contributed by atoms with Gasteiger partial charge in [0.05, 0.1) is 6.10 Å². The fourth-order valence-corrected chi connectivity index (χ4v) is 3.73. The van der Waals surface area contributed by atoms with Crippen molar-refractivity contribution in [2.24, 2.45) is 0 Å². The van der Waals surface area contributed by atoms with E-state index in [9.17, 15) is 9.18 Å². The van der Waals surface area contributed by atoms with Gasteiger partial charge in [0.25, 0.3) is 0 Å². The molecular weight excluding hydrogens is 371 g/mol. The number of nitrogens with zero attached hydrogens (tertiary/aromatic N) is 2. The van der Waals surface area contributed by atoms with Gasteiger partial charge in [0, 0.05) is 24.6 Å². The number of fused-ring (bicyclic) bond motifs is 1. The van der Waals surface area contributed by atoms with Crippen molar-refractivity contribution >= 4 is 17.2 Å². The number of benzene rings is 2. The van der Waals surface area contributed by atoms with Crippen molar-refractivity contribution in [1.82, 2.24) is 9.88 Å². The highest BCUT2D eigenvalue weighted by Crippen LogP contribution is 2.32. The van der Waals surface area contributed by atoms with Crippen LogP contribution in [0, 0.1) is 12.7 Å². The van der Waals surface area contributed by atoms with Crippen LogP contribution in [0.1, 0.15) is 44.1 Å². The Kier molecular flexibility index (Phi) is 5.26. The van der Waals surface area contributed by atoms with Crippen LogP contribution < -0.4 is 0 Å². The van der Waals surface area contributed by atoms with Gasteiger partial charge in [-0.05, 0) is 62.9 Å². The minimum absolute atomic E-state index is 0.121. The van der Waals surface area contributed by atoms with Crippen molar-refractivity contribution in [3.8, 4) is 11.1 Å². The van der Waals surface area contributed by atoms with Crippen LogP contribution in [0.25, 0.3) is 22.2 Å². The maximum atomic E-state index is 14.3. The number of aryl methyl sites for hydroxylation is 1. The zero-order chi connectivity index (χ0) is 20.5. The summed E-state index contributed by atoms with van der Waals surface area (Å²) < 4.78 is 25.6. The third-order valence-electron chi connectivity index (χ3n) is 5.28.